The maximum atomic E-state index is 13.4. The zero-order chi connectivity index (χ0) is 29.7. The van der Waals surface area contributed by atoms with Gasteiger partial charge in [-0.1, -0.05) is 12.1 Å². The molecule has 2 fully saturated rings. The molecule has 40 heavy (non-hydrogen) atoms. The number of carbonyl (C=O) groups is 2. The smallest absolute Gasteiger partial charge is 0.475 e. The minimum Gasteiger partial charge on any atom is -0.475 e. The Kier molecular flexibility index (Phi) is 10.0. The van der Waals surface area contributed by atoms with Crippen LogP contribution in [0, 0.1) is 13.8 Å². The molecule has 2 aliphatic rings. The normalized spacial score (nSPS) is 16.6. The highest BCUT2D eigenvalue weighted by molar-refractivity contribution is 7.92. The van der Waals surface area contributed by atoms with Crippen molar-refractivity contribution in [2.24, 2.45) is 0 Å². The topological polar surface area (TPSA) is 122 Å². The van der Waals surface area contributed by atoms with Gasteiger partial charge in [0.25, 0.3) is 15.9 Å². The van der Waals surface area contributed by atoms with Crippen LogP contribution in [0.3, 0.4) is 0 Å². The maximum Gasteiger partial charge on any atom is 0.490 e. The predicted octanol–water partition coefficient (Wildman–Crippen LogP) is 2.53. The second kappa shape index (κ2) is 12.9. The van der Waals surface area contributed by atoms with Crippen molar-refractivity contribution in [2.45, 2.75) is 24.9 Å². The summed E-state index contributed by atoms with van der Waals surface area (Å²) in [6.45, 7) is 9.84. The van der Waals surface area contributed by atoms with Gasteiger partial charge in [0.2, 0.25) is 0 Å². The Morgan fingerprint density at radius 3 is 2.12 bits per heavy atom. The van der Waals surface area contributed by atoms with Crippen molar-refractivity contribution in [3.63, 3.8) is 0 Å². The van der Waals surface area contributed by atoms with Crippen molar-refractivity contribution >= 4 is 33.3 Å². The molecule has 0 atom stereocenters. The lowest BCUT2D eigenvalue weighted by Crippen LogP contribution is -2.47. The van der Waals surface area contributed by atoms with Gasteiger partial charge in [0.1, 0.15) is 0 Å². The summed E-state index contributed by atoms with van der Waals surface area (Å²) in [6.07, 6.45) is -5.08. The van der Waals surface area contributed by atoms with E-state index in [2.05, 4.69) is 19.8 Å². The van der Waals surface area contributed by atoms with Gasteiger partial charge >= 0.3 is 12.1 Å². The van der Waals surface area contributed by atoms with E-state index in [9.17, 15) is 26.4 Å². The van der Waals surface area contributed by atoms with Crippen LogP contribution in [0.1, 0.15) is 21.5 Å². The number of benzene rings is 2. The molecule has 0 aliphatic carbocycles. The number of hydrogen-bond acceptors (Lipinski definition) is 7. The number of hydrogen-bond donors (Lipinski definition) is 3. The van der Waals surface area contributed by atoms with E-state index in [1.54, 1.807) is 19.1 Å². The molecule has 2 saturated heterocycles. The number of carbonyl (C=O) groups excluding carboxylic acids is 1. The van der Waals surface area contributed by atoms with Crippen molar-refractivity contribution in [3.05, 3.63) is 53.1 Å². The third kappa shape index (κ3) is 8.08. The fourth-order valence-corrected chi connectivity index (χ4v) is 5.72. The summed E-state index contributed by atoms with van der Waals surface area (Å²) in [6, 6.07) is 10.8. The first-order valence-electron chi connectivity index (χ1n) is 12.7. The Labute approximate surface area is 231 Å². The number of carboxylic acids is 1. The number of piperazine rings is 2. The van der Waals surface area contributed by atoms with E-state index in [0.29, 0.717) is 29.9 Å². The van der Waals surface area contributed by atoms with Crippen molar-refractivity contribution in [3.8, 4) is 0 Å². The summed E-state index contributed by atoms with van der Waals surface area (Å²) >= 11 is 0. The van der Waals surface area contributed by atoms with Gasteiger partial charge in [-0.25, -0.2) is 13.2 Å². The number of rotatable bonds is 5. The first-order valence-corrected chi connectivity index (χ1v) is 14.1. The second-order valence-corrected chi connectivity index (χ2v) is 11.4. The number of aliphatic carboxylic acids is 1. The highest BCUT2D eigenvalue weighted by Crippen LogP contribution is 2.31. The average Bonchev–Trinajstić information content (AvgIpc) is 2.90. The van der Waals surface area contributed by atoms with Crippen LogP contribution >= 0.6 is 0 Å². The first kappa shape index (κ1) is 31.2. The van der Waals surface area contributed by atoms with Gasteiger partial charge in [-0.15, -0.1) is 0 Å². The lowest BCUT2D eigenvalue weighted by atomic mass is 10.1. The molecule has 220 valence electrons. The lowest BCUT2D eigenvalue weighted by Gasteiger charge is -2.33. The second-order valence-electron chi connectivity index (χ2n) is 9.74. The zero-order valence-corrected chi connectivity index (χ0v) is 23.4. The molecule has 0 saturated carbocycles. The molecule has 2 heterocycles. The Hall–Kier alpha value is -3.36. The fourth-order valence-electron chi connectivity index (χ4n) is 4.32. The SMILES string of the molecule is Cc1ccc(C)c(S(=O)(=O)Nc2cc(C(=O)N3CCN(C)CC3)ccc2N2CCNCC2)c1.O=C(O)C(F)(F)F. The van der Waals surface area contributed by atoms with E-state index in [4.69, 9.17) is 9.90 Å². The molecule has 0 radical (unpaired) electrons. The predicted molar refractivity (Wildman–Crippen MR) is 145 cm³/mol. The van der Waals surface area contributed by atoms with Gasteiger partial charge < -0.3 is 25.1 Å². The van der Waals surface area contributed by atoms with Gasteiger partial charge in [0.05, 0.1) is 16.3 Å². The van der Waals surface area contributed by atoms with E-state index < -0.39 is 22.2 Å². The number of amides is 1. The molecule has 10 nitrogen and oxygen atoms in total. The molecular weight excluding hydrogens is 551 g/mol. The molecule has 4 rings (SSSR count). The van der Waals surface area contributed by atoms with Crippen LogP contribution in [-0.2, 0) is 14.8 Å². The molecule has 0 aromatic heterocycles. The van der Waals surface area contributed by atoms with Crippen LogP contribution in [0.4, 0.5) is 24.5 Å². The highest BCUT2D eigenvalue weighted by atomic mass is 32.2. The zero-order valence-electron chi connectivity index (χ0n) is 22.6. The number of sulfonamides is 1. The van der Waals surface area contributed by atoms with Gasteiger partial charge in [0.15, 0.2) is 0 Å². The maximum absolute atomic E-state index is 13.4. The minimum absolute atomic E-state index is 0.0675. The summed E-state index contributed by atoms with van der Waals surface area (Å²) in [4.78, 5) is 28.5. The molecule has 1 amide bonds. The highest BCUT2D eigenvalue weighted by Gasteiger charge is 2.38. The monoisotopic (exact) mass is 585 g/mol. The van der Waals surface area contributed by atoms with Crippen molar-refractivity contribution in [2.75, 3.05) is 69.0 Å². The Balaban J connectivity index is 0.000000559. The number of likely N-dealkylation sites (N-methyl/N-ethyl adjacent to an activating group) is 1. The number of carboxylic acid groups (broad SMARTS) is 1. The Morgan fingerprint density at radius 1 is 0.950 bits per heavy atom. The van der Waals surface area contributed by atoms with Crippen LogP contribution in [-0.4, -0.2) is 101 Å². The third-order valence-electron chi connectivity index (χ3n) is 6.61. The van der Waals surface area contributed by atoms with Gasteiger partial charge in [0, 0.05) is 57.9 Å². The summed E-state index contributed by atoms with van der Waals surface area (Å²) in [5.74, 6) is -2.82. The van der Waals surface area contributed by atoms with Gasteiger partial charge in [-0.05, 0) is 56.3 Å². The molecule has 3 N–H and O–H groups in total. The number of anilines is 2. The van der Waals surface area contributed by atoms with Crippen LogP contribution in [0.5, 0.6) is 0 Å². The Bertz CT molecular complexity index is 1320. The standard InChI is InChI=1S/C24H33N5O3S.C2HF3O2/c1-18-4-5-19(2)23(16-18)33(31,32)26-21-17-20(24(30)29-14-12-27(3)13-15-29)6-7-22(21)28-10-8-25-9-11-28;3-2(4,5)1(6)7/h4-7,16-17,25-26H,8-15H2,1-3H3;(H,6,7). The van der Waals surface area contributed by atoms with E-state index in [1.807, 2.05) is 43.1 Å². The van der Waals surface area contributed by atoms with Crippen molar-refractivity contribution < 1.29 is 36.3 Å². The lowest BCUT2D eigenvalue weighted by molar-refractivity contribution is -0.192. The molecule has 2 aromatic rings. The molecule has 2 aliphatic heterocycles. The first-order chi connectivity index (χ1) is 18.7. The number of aryl methyl sites for hydroxylation is 2. The van der Waals surface area contributed by atoms with Crippen molar-refractivity contribution in [1.82, 2.24) is 15.1 Å². The molecule has 14 heteroatoms. The summed E-state index contributed by atoms with van der Waals surface area (Å²) in [5, 5.41) is 10.4. The molecule has 0 bridgehead atoms. The Morgan fingerprint density at radius 2 is 1.55 bits per heavy atom. The number of halogens is 3. The molecular formula is C26H34F3N5O5S. The van der Waals surface area contributed by atoms with Gasteiger partial charge in [-0.2, -0.15) is 13.2 Å². The summed E-state index contributed by atoms with van der Waals surface area (Å²) in [7, 11) is -1.78. The van der Waals surface area contributed by atoms with Crippen molar-refractivity contribution in [1.29, 1.82) is 0 Å². The number of nitrogens with zero attached hydrogens (tertiary/aromatic N) is 3. The number of nitrogens with one attached hydrogen (secondary N) is 2. The van der Waals surface area contributed by atoms with Crippen LogP contribution < -0.4 is 14.9 Å². The molecule has 2 aromatic carbocycles. The minimum atomic E-state index is -5.08. The van der Waals surface area contributed by atoms with Crippen LogP contribution in [0.25, 0.3) is 0 Å². The molecule has 0 unspecified atom stereocenters. The molecule has 0 spiro atoms. The third-order valence-corrected chi connectivity index (χ3v) is 8.12. The van der Waals surface area contributed by atoms with E-state index in [1.165, 1.54) is 0 Å². The summed E-state index contributed by atoms with van der Waals surface area (Å²) in [5.41, 5.74) is 3.29. The average molecular weight is 586 g/mol. The summed E-state index contributed by atoms with van der Waals surface area (Å²) < 4.78 is 61.3. The van der Waals surface area contributed by atoms with Gasteiger partial charge in [-0.3, -0.25) is 9.52 Å². The largest absolute Gasteiger partial charge is 0.490 e. The van der Waals surface area contributed by atoms with E-state index >= 15 is 0 Å². The number of alkyl halides is 3. The van der Waals surface area contributed by atoms with E-state index in [0.717, 1.165) is 50.5 Å². The quantitative estimate of drug-likeness (QED) is 0.490. The van der Waals surface area contributed by atoms with Crippen LogP contribution in [0.15, 0.2) is 41.3 Å². The fraction of sp³-hybridized carbons (Fsp3) is 0.462. The van der Waals surface area contributed by atoms with Crippen LogP contribution in [0.2, 0.25) is 0 Å². The van der Waals surface area contributed by atoms with E-state index in [-0.39, 0.29) is 10.8 Å².